The molecule has 0 bridgehead atoms. The van der Waals surface area contributed by atoms with Crippen LogP contribution in [0.1, 0.15) is 31.5 Å². The number of aromatic nitrogens is 4. The number of nitrogens with zero attached hydrogens (tertiary/aromatic N) is 4. The first-order valence-corrected chi connectivity index (χ1v) is 8.49. The normalized spacial score (nSPS) is 18.0. The first-order chi connectivity index (χ1) is 11.8. The molecule has 1 N–H and O–H groups in total. The zero-order valence-corrected chi connectivity index (χ0v) is 13.8. The molecule has 1 aliphatic heterocycles. The number of anilines is 1. The number of H-pyrrole nitrogens is 1. The molecule has 0 unspecified atom stereocenters. The first kappa shape index (κ1) is 14.9. The van der Waals surface area contributed by atoms with Crippen molar-refractivity contribution >= 4 is 16.9 Å². The number of rotatable bonds is 4. The molecule has 1 aromatic carbocycles. The van der Waals surface area contributed by atoms with Gasteiger partial charge in [0.1, 0.15) is 5.82 Å². The molecular formula is C18H21N5O. The van der Waals surface area contributed by atoms with E-state index >= 15 is 0 Å². The van der Waals surface area contributed by atoms with Crippen molar-refractivity contribution < 1.29 is 4.74 Å². The molecule has 1 fully saturated rings. The molecule has 4 rings (SSSR count). The number of hydrogen-bond acceptors (Lipinski definition) is 5. The van der Waals surface area contributed by atoms with Crippen LogP contribution in [0.4, 0.5) is 5.82 Å². The molecule has 0 aliphatic carbocycles. The van der Waals surface area contributed by atoms with E-state index in [4.69, 9.17) is 9.72 Å². The number of hydrogen-bond donors (Lipinski definition) is 1. The fraction of sp³-hybridized carbons (Fsp3) is 0.389. The Labute approximate surface area is 140 Å². The van der Waals surface area contributed by atoms with Crippen LogP contribution in [0, 0.1) is 0 Å². The minimum absolute atomic E-state index is 0.388. The summed E-state index contributed by atoms with van der Waals surface area (Å²) in [6.45, 7) is 4.45. The van der Waals surface area contributed by atoms with Gasteiger partial charge in [0.05, 0.1) is 17.6 Å². The van der Waals surface area contributed by atoms with Crippen molar-refractivity contribution in [3.63, 3.8) is 0 Å². The van der Waals surface area contributed by atoms with Crippen LogP contribution in [-0.2, 0) is 0 Å². The number of nitrogens with one attached hydrogen (secondary N) is 1. The van der Waals surface area contributed by atoms with E-state index in [1.54, 1.807) is 0 Å². The molecule has 24 heavy (non-hydrogen) atoms. The first-order valence-electron chi connectivity index (χ1n) is 8.49. The van der Waals surface area contributed by atoms with E-state index in [0.717, 1.165) is 48.6 Å². The molecule has 1 saturated heterocycles. The lowest BCUT2D eigenvalue weighted by atomic mass is 9.97. The highest BCUT2D eigenvalue weighted by atomic mass is 16.5. The Kier molecular flexibility index (Phi) is 4.02. The summed E-state index contributed by atoms with van der Waals surface area (Å²) < 4.78 is 5.37. The van der Waals surface area contributed by atoms with Crippen LogP contribution in [0.3, 0.4) is 0 Å². The molecule has 0 spiro atoms. The van der Waals surface area contributed by atoms with Crippen LogP contribution in [0.5, 0.6) is 5.88 Å². The van der Waals surface area contributed by atoms with Crippen molar-refractivity contribution in [3.8, 4) is 5.88 Å². The van der Waals surface area contributed by atoms with Crippen LogP contribution in [-0.4, -0.2) is 39.9 Å². The smallest absolute Gasteiger partial charge is 0.233 e. The summed E-state index contributed by atoms with van der Waals surface area (Å²) in [7, 11) is 0. The quantitative estimate of drug-likeness (QED) is 0.799. The largest absolute Gasteiger partial charge is 0.477 e. The summed E-state index contributed by atoms with van der Waals surface area (Å²) in [6, 6.07) is 12.1. The maximum atomic E-state index is 5.37. The van der Waals surface area contributed by atoms with Crippen molar-refractivity contribution in [3.05, 3.63) is 42.2 Å². The predicted octanol–water partition coefficient (Wildman–Crippen LogP) is 3.14. The number of ether oxygens (including phenoxy) is 1. The van der Waals surface area contributed by atoms with Gasteiger partial charge >= 0.3 is 0 Å². The zero-order chi connectivity index (χ0) is 16.4. The highest BCUT2D eigenvalue weighted by Crippen LogP contribution is 2.29. The Morgan fingerprint density at radius 2 is 2.12 bits per heavy atom. The van der Waals surface area contributed by atoms with Gasteiger partial charge in [0.15, 0.2) is 5.82 Å². The highest BCUT2D eigenvalue weighted by molar-refractivity contribution is 5.74. The second-order valence-corrected chi connectivity index (χ2v) is 6.09. The Morgan fingerprint density at radius 1 is 1.21 bits per heavy atom. The van der Waals surface area contributed by atoms with E-state index in [9.17, 15) is 0 Å². The van der Waals surface area contributed by atoms with Crippen molar-refractivity contribution in [2.75, 3.05) is 24.6 Å². The molecule has 0 saturated carbocycles. The highest BCUT2D eigenvalue weighted by Gasteiger charge is 2.25. The van der Waals surface area contributed by atoms with E-state index in [1.165, 1.54) is 0 Å². The maximum Gasteiger partial charge on any atom is 0.233 e. The van der Waals surface area contributed by atoms with Crippen molar-refractivity contribution in [1.82, 2.24) is 20.2 Å². The number of aromatic amines is 1. The van der Waals surface area contributed by atoms with E-state index in [-0.39, 0.29) is 0 Å². The summed E-state index contributed by atoms with van der Waals surface area (Å²) in [5.74, 6) is 2.94. The third kappa shape index (κ3) is 2.91. The minimum atomic E-state index is 0.388. The fourth-order valence-corrected chi connectivity index (χ4v) is 3.28. The Morgan fingerprint density at radius 3 is 2.92 bits per heavy atom. The van der Waals surface area contributed by atoms with Crippen molar-refractivity contribution in [2.45, 2.75) is 25.7 Å². The van der Waals surface area contributed by atoms with Gasteiger partial charge in [0, 0.05) is 25.1 Å². The average Bonchev–Trinajstić information content (AvgIpc) is 3.07. The summed E-state index contributed by atoms with van der Waals surface area (Å²) in [5.41, 5.74) is 2.14. The van der Waals surface area contributed by atoms with E-state index in [0.29, 0.717) is 18.4 Å². The van der Waals surface area contributed by atoms with Crippen molar-refractivity contribution in [2.24, 2.45) is 0 Å². The van der Waals surface area contributed by atoms with E-state index in [1.807, 2.05) is 37.3 Å². The topological polar surface area (TPSA) is 66.9 Å². The van der Waals surface area contributed by atoms with E-state index < -0.39 is 0 Å². The number of para-hydroxylation sites is 2. The lowest BCUT2D eigenvalue weighted by molar-refractivity contribution is 0.322. The lowest BCUT2D eigenvalue weighted by Crippen LogP contribution is -2.35. The van der Waals surface area contributed by atoms with Crippen LogP contribution in [0.2, 0.25) is 0 Å². The second-order valence-electron chi connectivity index (χ2n) is 6.09. The Bertz CT molecular complexity index is 781. The molecule has 2 aromatic heterocycles. The van der Waals surface area contributed by atoms with E-state index in [2.05, 4.69) is 26.1 Å². The lowest BCUT2D eigenvalue weighted by Gasteiger charge is -2.32. The predicted molar refractivity (Wildman–Crippen MR) is 93.5 cm³/mol. The van der Waals surface area contributed by atoms with Gasteiger partial charge in [-0.25, -0.2) is 4.98 Å². The van der Waals surface area contributed by atoms with Gasteiger partial charge in [-0.3, -0.25) is 0 Å². The van der Waals surface area contributed by atoms with Gasteiger partial charge in [-0.1, -0.05) is 12.1 Å². The molecule has 3 aromatic rings. The molecule has 124 valence electrons. The summed E-state index contributed by atoms with van der Waals surface area (Å²) >= 11 is 0. The van der Waals surface area contributed by atoms with Gasteiger partial charge in [-0.15, -0.1) is 10.2 Å². The number of piperidine rings is 1. The molecule has 1 aliphatic rings. The molecule has 1 atom stereocenters. The van der Waals surface area contributed by atoms with Gasteiger partial charge in [-0.05, 0) is 38.0 Å². The van der Waals surface area contributed by atoms with Crippen molar-refractivity contribution in [1.29, 1.82) is 0 Å². The maximum absolute atomic E-state index is 5.37. The number of fused-ring (bicyclic) bond motifs is 1. The third-order valence-electron chi connectivity index (χ3n) is 4.46. The van der Waals surface area contributed by atoms with Gasteiger partial charge < -0.3 is 14.6 Å². The molecular weight excluding hydrogens is 302 g/mol. The van der Waals surface area contributed by atoms with Gasteiger partial charge in [0.25, 0.3) is 0 Å². The molecule has 6 nitrogen and oxygen atoms in total. The third-order valence-corrected chi connectivity index (χ3v) is 4.46. The fourth-order valence-electron chi connectivity index (χ4n) is 3.28. The average molecular weight is 323 g/mol. The van der Waals surface area contributed by atoms with Gasteiger partial charge in [-0.2, -0.15) is 0 Å². The van der Waals surface area contributed by atoms with Crippen LogP contribution < -0.4 is 9.64 Å². The minimum Gasteiger partial charge on any atom is -0.477 e. The van der Waals surface area contributed by atoms with Crippen LogP contribution >= 0.6 is 0 Å². The number of benzene rings is 1. The summed E-state index contributed by atoms with van der Waals surface area (Å²) in [5, 5.41) is 8.45. The Hall–Kier alpha value is -2.63. The summed E-state index contributed by atoms with van der Waals surface area (Å²) in [6.07, 6.45) is 2.26. The van der Waals surface area contributed by atoms with Gasteiger partial charge in [0.2, 0.25) is 5.88 Å². The van der Waals surface area contributed by atoms with Crippen LogP contribution in [0.15, 0.2) is 36.4 Å². The monoisotopic (exact) mass is 323 g/mol. The molecule has 3 heterocycles. The molecule has 0 radical (unpaired) electrons. The molecule has 0 amide bonds. The summed E-state index contributed by atoms with van der Waals surface area (Å²) in [4.78, 5) is 10.5. The zero-order valence-electron chi connectivity index (χ0n) is 13.8. The number of imidazole rings is 1. The molecule has 6 heteroatoms. The SMILES string of the molecule is CCOc1ccc(N2CCC[C@@H](c3nc4ccccc4[nH]3)C2)nn1. The van der Waals surface area contributed by atoms with Crippen LogP contribution in [0.25, 0.3) is 11.0 Å². The second kappa shape index (κ2) is 6.47. The Balaban J connectivity index is 1.52. The standard InChI is InChI=1S/C18H21N5O/c1-2-24-17-10-9-16(21-22-17)23-11-5-6-13(12-23)18-19-14-7-3-4-8-15(14)20-18/h3-4,7-10,13H,2,5-6,11-12H2,1H3,(H,19,20)/t13-/m1/s1.